The van der Waals surface area contributed by atoms with E-state index in [2.05, 4.69) is 18.8 Å². The smallest absolute Gasteiger partial charge is 0.330 e. The third kappa shape index (κ3) is 5.88. The molecule has 0 atom stereocenters. The number of ether oxygens (including phenoxy) is 1. The molecular formula is C24H28N2O3. The van der Waals surface area contributed by atoms with Gasteiger partial charge in [-0.25, -0.2) is 4.79 Å². The molecule has 0 N–H and O–H groups in total. The fraction of sp³-hybridized carbons (Fsp3) is 0.292. The van der Waals surface area contributed by atoms with Crippen LogP contribution in [0.1, 0.15) is 55.2 Å². The van der Waals surface area contributed by atoms with Crippen LogP contribution in [0.5, 0.6) is 0 Å². The molecule has 0 bridgehead atoms. The second kappa shape index (κ2) is 10.4. The molecular weight excluding hydrogens is 364 g/mol. The highest BCUT2D eigenvalue weighted by molar-refractivity contribution is 6.07. The minimum atomic E-state index is -0.446. The first-order valence-electron chi connectivity index (χ1n) is 9.60. The summed E-state index contributed by atoms with van der Waals surface area (Å²) < 4.78 is 4.72. The Balaban J connectivity index is 2.66. The zero-order valence-corrected chi connectivity index (χ0v) is 17.7. The monoisotopic (exact) mass is 392 g/mol. The number of carbonyl (C=O) groups is 2. The maximum Gasteiger partial charge on any atom is 0.330 e. The summed E-state index contributed by atoms with van der Waals surface area (Å²) in [5.74, 6) is -0.455. The number of rotatable bonds is 7. The van der Waals surface area contributed by atoms with Crippen molar-refractivity contribution in [2.75, 3.05) is 18.6 Å². The van der Waals surface area contributed by atoms with E-state index in [4.69, 9.17) is 4.74 Å². The van der Waals surface area contributed by atoms with Gasteiger partial charge in [0.25, 0.3) is 5.91 Å². The van der Waals surface area contributed by atoms with Gasteiger partial charge in [0.05, 0.1) is 12.8 Å². The molecule has 1 amide bonds. The van der Waals surface area contributed by atoms with Gasteiger partial charge in [-0.15, -0.1) is 0 Å². The van der Waals surface area contributed by atoms with Crippen molar-refractivity contribution in [3.8, 4) is 0 Å². The van der Waals surface area contributed by atoms with Gasteiger partial charge in [-0.05, 0) is 49.1 Å². The maximum atomic E-state index is 13.4. The topological polar surface area (TPSA) is 59.5 Å². The summed E-state index contributed by atoms with van der Waals surface area (Å²) >= 11 is 0. The molecule has 0 aliphatic heterocycles. The first-order valence-corrected chi connectivity index (χ1v) is 9.60. The Bertz CT molecular complexity index is 911. The number of amides is 1. The van der Waals surface area contributed by atoms with Gasteiger partial charge in [0.2, 0.25) is 0 Å². The molecule has 1 aromatic carbocycles. The molecule has 1 heterocycles. The molecule has 2 aromatic rings. The van der Waals surface area contributed by atoms with Gasteiger partial charge >= 0.3 is 5.97 Å². The van der Waals surface area contributed by atoms with Gasteiger partial charge in [-0.3, -0.25) is 9.78 Å². The lowest BCUT2D eigenvalue weighted by atomic mass is 9.96. The van der Waals surface area contributed by atoms with Crippen LogP contribution in [0.2, 0.25) is 0 Å². The van der Waals surface area contributed by atoms with Crippen LogP contribution in [-0.4, -0.2) is 30.5 Å². The quantitative estimate of drug-likeness (QED) is 0.378. The van der Waals surface area contributed by atoms with Crippen LogP contribution < -0.4 is 4.90 Å². The molecule has 0 radical (unpaired) electrons. The van der Waals surface area contributed by atoms with E-state index in [0.717, 1.165) is 22.4 Å². The van der Waals surface area contributed by atoms with E-state index in [-0.39, 0.29) is 11.8 Å². The number of carbonyl (C=O) groups excluding carboxylic acids is 2. The molecule has 0 aliphatic carbocycles. The van der Waals surface area contributed by atoms with Crippen molar-refractivity contribution in [2.24, 2.45) is 0 Å². The molecule has 5 nitrogen and oxygen atoms in total. The fourth-order valence-corrected chi connectivity index (χ4v) is 2.90. The SMILES string of the molecule is COC(=O)/C=C/c1cccc(C(C)C)c1N(CC=C(C)C)C(=O)c1ccccn1. The van der Waals surface area contributed by atoms with Gasteiger partial charge in [-0.1, -0.05) is 49.8 Å². The fourth-order valence-electron chi connectivity index (χ4n) is 2.90. The zero-order chi connectivity index (χ0) is 21.4. The van der Waals surface area contributed by atoms with E-state index >= 15 is 0 Å². The Morgan fingerprint density at radius 1 is 1.14 bits per heavy atom. The number of allylic oxidation sites excluding steroid dienone is 1. The first kappa shape index (κ1) is 22.1. The van der Waals surface area contributed by atoms with Gasteiger partial charge in [-0.2, -0.15) is 0 Å². The van der Waals surface area contributed by atoms with Crippen LogP contribution in [0.15, 0.2) is 60.3 Å². The summed E-state index contributed by atoms with van der Waals surface area (Å²) in [6, 6.07) is 11.1. The second-order valence-electron chi connectivity index (χ2n) is 7.21. The van der Waals surface area contributed by atoms with Crippen molar-refractivity contribution in [1.29, 1.82) is 0 Å². The number of pyridine rings is 1. The molecule has 5 heteroatoms. The highest BCUT2D eigenvalue weighted by atomic mass is 16.5. The van der Waals surface area contributed by atoms with Crippen LogP contribution >= 0.6 is 0 Å². The summed E-state index contributed by atoms with van der Waals surface area (Å²) in [4.78, 5) is 31.0. The van der Waals surface area contributed by atoms with E-state index in [9.17, 15) is 9.59 Å². The highest BCUT2D eigenvalue weighted by Gasteiger charge is 2.23. The summed E-state index contributed by atoms with van der Waals surface area (Å²) in [5.41, 5.74) is 4.04. The van der Waals surface area contributed by atoms with Crippen molar-refractivity contribution in [3.63, 3.8) is 0 Å². The average Bonchev–Trinajstić information content (AvgIpc) is 2.72. The lowest BCUT2D eigenvalue weighted by Gasteiger charge is -2.27. The molecule has 152 valence electrons. The second-order valence-corrected chi connectivity index (χ2v) is 7.21. The Morgan fingerprint density at radius 2 is 1.90 bits per heavy atom. The minimum absolute atomic E-state index is 0.183. The Morgan fingerprint density at radius 3 is 2.48 bits per heavy atom. The third-order valence-corrected chi connectivity index (χ3v) is 4.40. The lowest BCUT2D eigenvalue weighted by Crippen LogP contribution is -2.33. The van der Waals surface area contributed by atoms with Crippen LogP contribution in [0.4, 0.5) is 5.69 Å². The lowest BCUT2D eigenvalue weighted by molar-refractivity contribution is -0.134. The summed E-state index contributed by atoms with van der Waals surface area (Å²) in [6.45, 7) is 8.56. The molecule has 2 rings (SSSR count). The molecule has 29 heavy (non-hydrogen) atoms. The van der Waals surface area contributed by atoms with Crippen LogP contribution in [-0.2, 0) is 9.53 Å². The van der Waals surface area contributed by atoms with Crippen LogP contribution in [0, 0.1) is 0 Å². The number of anilines is 1. The number of para-hydroxylation sites is 1. The van der Waals surface area contributed by atoms with Crippen molar-refractivity contribution in [2.45, 2.75) is 33.6 Å². The van der Waals surface area contributed by atoms with E-state index in [1.165, 1.54) is 13.2 Å². The predicted octanol–water partition coefficient (Wildman–Crippen LogP) is 5.00. The van der Waals surface area contributed by atoms with Crippen molar-refractivity contribution < 1.29 is 14.3 Å². The Hall–Kier alpha value is -3.21. The van der Waals surface area contributed by atoms with Gasteiger partial charge in [0, 0.05) is 18.8 Å². The molecule has 0 fully saturated rings. The molecule has 1 aromatic heterocycles. The van der Waals surface area contributed by atoms with Crippen molar-refractivity contribution in [3.05, 3.63) is 77.1 Å². The molecule has 0 aliphatic rings. The summed E-state index contributed by atoms with van der Waals surface area (Å²) in [5, 5.41) is 0. The van der Waals surface area contributed by atoms with Gasteiger partial charge in [0.15, 0.2) is 0 Å². The van der Waals surface area contributed by atoms with Crippen molar-refractivity contribution >= 4 is 23.6 Å². The zero-order valence-electron chi connectivity index (χ0n) is 17.7. The Kier molecular flexibility index (Phi) is 7.89. The standard InChI is InChI=1S/C24H28N2O3/c1-17(2)14-16-26(24(28)21-11-6-7-15-25-21)23-19(12-13-22(27)29-5)9-8-10-20(23)18(3)4/h6-15,18H,16H2,1-5H3/b13-12+. The number of nitrogens with zero attached hydrogens (tertiary/aromatic N) is 2. The number of methoxy groups -OCH3 is 1. The maximum absolute atomic E-state index is 13.4. The number of hydrogen-bond donors (Lipinski definition) is 0. The minimum Gasteiger partial charge on any atom is -0.466 e. The largest absolute Gasteiger partial charge is 0.466 e. The summed E-state index contributed by atoms with van der Waals surface area (Å²) in [7, 11) is 1.34. The number of hydrogen-bond acceptors (Lipinski definition) is 4. The van der Waals surface area contributed by atoms with E-state index in [1.54, 1.807) is 35.4 Å². The van der Waals surface area contributed by atoms with E-state index in [1.807, 2.05) is 38.1 Å². The van der Waals surface area contributed by atoms with Crippen LogP contribution in [0.25, 0.3) is 6.08 Å². The first-order chi connectivity index (χ1) is 13.8. The molecule has 0 unspecified atom stereocenters. The van der Waals surface area contributed by atoms with Gasteiger partial charge in [0.1, 0.15) is 5.69 Å². The summed E-state index contributed by atoms with van der Waals surface area (Å²) in [6.07, 6.45) is 6.67. The van der Waals surface area contributed by atoms with Crippen molar-refractivity contribution in [1.82, 2.24) is 4.98 Å². The third-order valence-electron chi connectivity index (χ3n) is 4.40. The van der Waals surface area contributed by atoms with E-state index < -0.39 is 5.97 Å². The molecule has 0 saturated carbocycles. The predicted molar refractivity (Wildman–Crippen MR) is 117 cm³/mol. The van der Waals surface area contributed by atoms with Gasteiger partial charge < -0.3 is 9.64 Å². The van der Waals surface area contributed by atoms with Crippen LogP contribution in [0.3, 0.4) is 0 Å². The normalized spacial score (nSPS) is 10.8. The molecule has 0 spiro atoms. The molecule has 0 saturated heterocycles. The van der Waals surface area contributed by atoms with E-state index in [0.29, 0.717) is 12.2 Å². The Labute approximate surface area is 172 Å². The number of esters is 1. The number of aromatic nitrogens is 1. The average molecular weight is 392 g/mol. The highest BCUT2D eigenvalue weighted by Crippen LogP contribution is 2.33. The number of benzene rings is 1.